The van der Waals surface area contributed by atoms with E-state index >= 15 is 0 Å². The monoisotopic (exact) mass is 229 g/mol. The lowest BCUT2D eigenvalue weighted by molar-refractivity contribution is 0.905. The van der Waals surface area contributed by atoms with Crippen molar-refractivity contribution in [3.8, 4) is 0 Å². The van der Waals surface area contributed by atoms with E-state index in [2.05, 4.69) is 45.0 Å². The predicted molar refractivity (Wildman–Crippen MR) is 77.6 cm³/mol. The lowest BCUT2D eigenvalue weighted by atomic mass is 9.92. The van der Waals surface area contributed by atoms with Crippen LogP contribution in [0.15, 0.2) is 52.1 Å². The molecule has 1 heterocycles. The Morgan fingerprint density at radius 3 is 2.76 bits per heavy atom. The van der Waals surface area contributed by atoms with Gasteiger partial charge in [-0.25, -0.2) is 0 Å². The van der Waals surface area contributed by atoms with Crippen LogP contribution in [0, 0.1) is 0 Å². The highest BCUT2D eigenvalue weighted by Crippen LogP contribution is 2.26. The summed E-state index contributed by atoms with van der Waals surface area (Å²) in [6.45, 7) is 15.2. The maximum atomic E-state index is 4.39. The first kappa shape index (κ1) is 13.7. The molecule has 92 valence electrons. The quantitative estimate of drug-likeness (QED) is 0.609. The van der Waals surface area contributed by atoms with Crippen LogP contribution in [-0.4, -0.2) is 12.8 Å². The number of dihydropyridines is 1. The second kappa shape index (κ2) is 6.39. The molecule has 0 fully saturated rings. The summed E-state index contributed by atoms with van der Waals surface area (Å²) in [4.78, 5) is 4.39. The average Bonchev–Trinajstić information content (AvgIpc) is 2.27. The fourth-order valence-corrected chi connectivity index (χ4v) is 1.88. The molecule has 0 atom stereocenters. The summed E-state index contributed by atoms with van der Waals surface area (Å²) in [5.41, 5.74) is 6.46. The minimum absolute atomic E-state index is 0.794. The van der Waals surface area contributed by atoms with Gasteiger partial charge >= 0.3 is 0 Å². The summed E-state index contributed by atoms with van der Waals surface area (Å²) in [6.07, 6.45) is 7.31. The van der Waals surface area contributed by atoms with Gasteiger partial charge in [0.25, 0.3) is 0 Å². The van der Waals surface area contributed by atoms with Crippen molar-refractivity contribution < 1.29 is 0 Å². The largest absolute Gasteiger partial charge is 0.288 e. The molecule has 0 saturated carbocycles. The summed E-state index contributed by atoms with van der Waals surface area (Å²) >= 11 is 0. The fourth-order valence-electron chi connectivity index (χ4n) is 1.88. The van der Waals surface area contributed by atoms with E-state index in [1.165, 1.54) is 27.9 Å². The molecule has 17 heavy (non-hydrogen) atoms. The minimum atomic E-state index is 0.794. The first-order valence-electron chi connectivity index (χ1n) is 6.27. The van der Waals surface area contributed by atoms with Crippen molar-refractivity contribution in [3.63, 3.8) is 0 Å². The molecule has 0 N–H and O–H groups in total. The Balaban J connectivity index is 2.91. The molecule has 0 amide bonds. The molecule has 0 saturated heterocycles. The second-order valence-electron chi connectivity index (χ2n) is 4.77. The third-order valence-corrected chi connectivity index (χ3v) is 3.04. The standard InChI is InChI=1S/C16H23N/c1-6-13(4)9-15-11-17-10-14(5)16(15)8-7-12(2)3/h9-10H,2,4,6-8,11H2,1,3,5H3/b15-9+. The number of aliphatic imine (C=N–C) groups is 1. The van der Waals surface area contributed by atoms with E-state index in [0.717, 1.165) is 25.8 Å². The molecular formula is C16H23N. The van der Waals surface area contributed by atoms with Gasteiger partial charge in [-0.1, -0.05) is 30.7 Å². The highest BCUT2D eigenvalue weighted by Gasteiger charge is 2.11. The van der Waals surface area contributed by atoms with Crippen molar-refractivity contribution in [2.75, 3.05) is 6.54 Å². The summed E-state index contributed by atoms with van der Waals surface area (Å²) in [7, 11) is 0. The van der Waals surface area contributed by atoms with Gasteiger partial charge in [-0.05, 0) is 49.8 Å². The maximum absolute atomic E-state index is 4.39. The zero-order valence-electron chi connectivity index (χ0n) is 11.3. The smallest absolute Gasteiger partial charge is 0.0642 e. The van der Waals surface area contributed by atoms with Crippen LogP contribution in [0.5, 0.6) is 0 Å². The molecule has 1 heteroatoms. The maximum Gasteiger partial charge on any atom is 0.0642 e. The van der Waals surface area contributed by atoms with Gasteiger partial charge in [0, 0.05) is 6.21 Å². The molecule has 1 aliphatic heterocycles. The van der Waals surface area contributed by atoms with Crippen molar-refractivity contribution in [1.29, 1.82) is 0 Å². The van der Waals surface area contributed by atoms with E-state index < -0.39 is 0 Å². The Labute approximate surface area is 105 Å². The molecule has 1 aliphatic rings. The van der Waals surface area contributed by atoms with Crippen LogP contribution in [0.25, 0.3) is 0 Å². The molecule has 1 nitrogen and oxygen atoms in total. The Morgan fingerprint density at radius 1 is 1.47 bits per heavy atom. The van der Waals surface area contributed by atoms with E-state index in [4.69, 9.17) is 0 Å². The number of nitrogens with zero attached hydrogens (tertiary/aromatic N) is 1. The normalized spacial score (nSPS) is 17.7. The SMILES string of the molecule is C=C(C)CCC1=C(C)C=NC/C1=C\C(=C)CC. The number of hydrogen-bond donors (Lipinski definition) is 0. The van der Waals surface area contributed by atoms with E-state index in [1.807, 2.05) is 6.21 Å². The van der Waals surface area contributed by atoms with Gasteiger partial charge < -0.3 is 0 Å². The molecule has 0 bridgehead atoms. The third kappa shape index (κ3) is 4.18. The van der Waals surface area contributed by atoms with Crippen LogP contribution in [0.4, 0.5) is 0 Å². The fraction of sp³-hybridized carbons (Fsp3) is 0.438. The number of rotatable bonds is 5. The Morgan fingerprint density at radius 2 is 2.18 bits per heavy atom. The molecule has 0 aromatic heterocycles. The molecule has 0 spiro atoms. The van der Waals surface area contributed by atoms with Crippen LogP contribution >= 0.6 is 0 Å². The highest BCUT2D eigenvalue weighted by molar-refractivity contribution is 5.82. The van der Waals surface area contributed by atoms with Crippen LogP contribution in [0.3, 0.4) is 0 Å². The summed E-state index contributed by atoms with van der Waals surface area (Å²) in [5.74, 6) is 0. The van der Waals surface area contributed by atoms with E-state index in [0.29, 0.717) is 0 Å². The Kier molecular flexibility index (Phi) is 5.14. The predicted octanol–water partition coefficient (Wildman–Crippen LogP) is 4.64. The molecule has 0 unspecified atom stereocenters. The molecule has 0 aliphatic carbocycles. The van der Waals surface area contributed by atoms with Gasteiger partial charge in [-0.2, -0.15) is 0 Å². The van der Waals surface area contributed by atoms with Crippen LogP contribution < -0.4 is 0 Å². The van der Waals surface area contributed by atoms with Crippen LogP contribution in [-0.2, 0) is 0 Å². The van der Waals surface area contributed by atoms with Crippen molar-refractivity contribution >= 4 is 6.21 Å². The van der Waals surface area contributed by atoms with E-state index in [9.17, 15) is 0 Å². The Bertz CT molecular complexity index is 405. The van der Waals surface area contributed by atoms with Gasteiger partial charge in [-0.3, -0.25) is 4.99 Å². The molecular weight excluding hydrogens is 206 g/mol. The van der Waals surface area contributed by atoms with Crippen molar-refractivity contribution in [2.24, 2.45) is 4.99 Å². The molecule has 0 aromatic rings. The zero-order chi connectivity index (χ0) is 12.8. The zero-order valence-corrected chi connectivity index (χ0v) is 11.3. The van der Waals surface area contributed by atoms with Gasteiger partial charge in [0.05, 0.1) is 6.54 Å². The van der Waals surface area contributed by atoms with Crippen molar-refractivity contribution in [2.45, 2.75) is 40.0 Å². The first-order valence-corrected chi connectivity index (χ1v) is 6.27. The van der Waals surface area contributed by atoms with Gasteiger partial charge in [0.2, 0.25) is 0 Å². The molecule has 1 rings (SSSR count). The van der Waals surface area contributed by atoms with Gasteiger partial charge in [0.15, 0.2) is 0 Å². The van der Waals surface area contributed by atoms with E-state index in [-0.39, 0.29) is 0 Å². The third-order valence-electron chi connectivity index (χ3n) is 3.04. The average molecular weight is 229 g/mol. The number of hydrogen-bond acceptors (Lipinski definition) is 1. The van der Waals surface area contributed by atoms with Crippen molar-refractivity contribution in [3.05, 3.63) is 47.1 Å². The second-order valence-corrected chi connectivity index (χ2v) is 4.77. The van der Waals surface area contributed by atoms with E-state index in [1.54, 1.807) is 0 Å². The summed E-state index contributed by atoms with van der Waals surface area (Å²) in [5, 5.41) is 0. The molecule has 0 radical (unpaired) electrons. The summed E-state index contributed by atoms with van der Waals surface area (Å²) in [6, 6.07) is 0. The Hall–Kier alpha value is -1.37. The van der Waals surface area contributed by atoms with Crippen LogP contribution in [0.2, 0.25) is 0 Å². The highest BCUT2D eigenvalue weighted by atomic mass is 14.7. The first-order chi connectivity index (χ1) is 8.04. The number of allylic oxidation sites excluding steroid dienone is 4. The van der Waals surface area contributed by atoms with Crippen molar-refractivity contribution in [1.82, 2.24) is 0 Å². The topological polar surface area (TPSA) is 12.4 Å². The van der Waals surface area contributed by atoms with Gasteiger partial charge in [-0.15, -0.1) is 6.58 Å². The van der Waals surface area contributed by atoms with Gasteiger partial charge in [0.1, 0.15) is 0 Å². The minimum Gasteiger partial charge on any atom is -0.288 e. The van der Waals surface area contributed by atoms with Crippen LogP contribution in [0.1, 0.15) is 40.0 Å². The molecule has 0 aromatic carbocycles. The lowest BCUT2D eigenvalue weighted by Crippen LogP contribution is -2.05. The summed E-state index contributed by atoms with van der Waals surface area (Å²) < 4.78 is 0. The lowest BCUT2D eigenvalue weighted by Gasteiger charge is -2.17.